The highest BCUT2D eigenvalue weighted by molar-refractivity contribution is 7.89. The third-order valence-corrected chi connectivity index (χ3v) is 5.79. The SMILES string of the molecule is CC1COCCN1S(=O)(=O)CCNC(=O)c1c(F)cccc1Cl. The number of rotatable bonds is 5. The summed E-state index contributed by atoms with van der Waals surface area (Å²) in [5.41, 5.74) is -0.286. The minimum atomic E-state index is -3.52. The highest BCUT2D eigenvalue weighted by Gasteiger charge is 2.29. The fraction of sp³-hybridized carbons (Fsp3) is 0.500. The molecule has 23 heavy (non-hydrogen) atoms. The Balaban J connectivity index is 1.95. The summed E-state index contributed by atoms with van der Waals surface area (Å²) in [4.78, 5) is 11.9. The predicted octanol–water partition coefficient (Wildman–Crippen LogP) is 1.26. The number of hydrogen-bond donors (Lipinski definition) is 1. The first-order valence-electron chi connectivity index (χ1n) is 7.12. The van der Waals surface area contributed by atoms with Crippen molar-refractivity contribution in [2.24, 2.45) is 0 Å². The minimum absolute atomic E-state index is 0.0211. The lowest BCUT2D eigenvalue weighted by Gasteiger charge is -2.32. The number of nitrogens with one attached hydrogen (secondary N) is 1. The minimum Gasteiger partial charge on any atom is -0.378 e. The third kappa shape index (κ3) is 4.41. The fourth-order valence-corrected chi connectivity index (χ4v) is 4.14. The van der Waals surface area contributed by atoms with Gasteiger partial charge >= 0.3 is 0 Å². The molecule has 0 aromatic heterocycles. The molecule has 1 unspecified atom stereocenters. The van der Waals surface area contributed by atoms with E-state index < -0.39 is 21.7 Å². The summed E-state index contributed by atoms with van der Waals surface area (Å²) in [6.07, 6.45) is 0. The quantitative estimate of drug-likeness (QED) is 0.853. The largest absolute Gasteiger partial charge is 0.378 e. The Hall–Kier alpha value is -1.22. The molecule has 1 heterocycles. The van der Waals surface area contributed by atoms with Gasteiger partial charge in [0.15, 0.2) is 0 Å². The number of hydrogen-bond acceptors (Lipinski definition) is 4. The van der Waals surface area contributed by atoms with E-state index in [1.165, 1.54) is 16.4 Å². The summed E-state index contributed by atoms with van der Waals surface area (Å²) in [7, 11) is -3.52. The summed E-state index contributed by atoms with van der Waals surface area (Å²) in [5, 5.41) is 2.37. The van der Waals surface area contributed by atoms with Crippen LogP contribution >= 0.6 is 11.6 Å². The molecule has 1 N–H and O–H groups in total. The van der Waals surface area contributed by atoms with Crippen molar-refractivity contribution in [3.05, 3.63) is 34.6 Å². The maximum absolute atomic E-state index is 13.6. The van der Waals surface area contributed by atoms with E-state index in [-0.39, 0.29) is 35.5 Å². The van der Waals surface area contributed by atoms with Crippen molar-refractivity contribution in [1.82, 2.24) is 9.62 Å². The van der Waals surface area contributed by atoms with Crippen LogP contribution in [-0.2, 0) is 14.8 Å². The van der Waals surface area contributed by atoms with Crippen LogP contribution < -0.4 is 5.32 Å². The first-order valence-corrected chi connectivity index (χ1v) is 9.11. The Kier molecular flexibility index (Phi) is 5.96. The van der Waals surface area contributed by atoms with Gasteiger partial charge in [-0.3, -0.25) is 4.79 Å². The lowest BCUT2D eigenvalue weighted by Crippen LogP contribution is -2.49. The fourth-order valence-electron chi connectivity index (χ4n) is 2.34. The van der Waals surface area contributed by atoms with Crippen LogP contribution in [0.5, 0.6) is 0 Å². The zero-order valence-corrected chi connectivity index (χ0v) is 14.2. The molecule has 1 amide bonds. The van der Waals surface area contributed by atoms with E-state index in [0.29, 0.717) is 13.2 Å². The lowest BCUT2D eigenvalue weighted by atomic mass is 10.2. The van der Waals surface area contributed by atoms with Gasteiger partial charge < -0.3 is 10.1 Å². The van der Waals surface area contributed by atoms with Gasteiger partial charge in [0.1, 0.15) is 5.82 Å². The van der Waals surface area contributed by atoms with Gasteiger partial charge in [0.05, 0.1) is 29.6 Å². The molecule has 6 nitrogen and oxygen atoms in total. The molecule has 128 valence electrons. The molecule has 1 aromatic carbocycles. The average molecular weight is 365 g/mol. The van der Waals surface area contributed by atoms with Crippen LogP contribution in [0.2, 0.25) is 5.02 Å². The van der Waals surface area contributed by atoms with Crippen molar-refractivity contribution in [2.45, 2.75) is 13.0 Å². The molecule has 1 aromatic rings. The highest BCUT2D eigenvalue weighted by Crippen LogP contribution is 2.18. The van der Waals surface area contributed by atoms with E-state index in [1.54, 1.807) is 6.92 Å². The number of amides is 1. The van der Waals surface area contributed by atoms with E-state index in [0.717, 1.165) is 6.07 Å². The molecular weight excluding hydrogens is 347 g/mol. The Morgan fingerprint density at radius 1 is 1.52 bits per heavy atom. The Morgan fingerprint density at radius 3 is 2.91 bits per heavy atom. The second-order valence-corrected chi connectivity index (χ2v) is 7.65. The van der Waals surface area contributed by atoms with Crippen LogP contribution in [0.3, 0.4) is 0 Å². The van der Waals surface area contributed by atoms with Crippen LogP contribution in [0.25, 0.3) is 0 Å². The Bertz CT molecular complexity index is 663. The zero-order chi connectivity index (χ0) is 17.0. The maximum Gasteiger partial charge on any atom is 0.255 e. The van der Waals surface area contributed by atoms with Gasteiger partial charge in [-0.2, -0.15) is 4.31 Å². The number of carbonyl (C=O) groups excluding carboxylic acids is 1. The van der Waals surface area contributed by atoms with Gasteiger partial charge in [0, 0.05) is 19.1 Å². The number of halogens is 2. The summed E-state index contributed by atoms with van der Waals surface area (Å²) in [6, 6.07) is 3.66. The normalized spacial score (nSPS) is 19.5. The number of morpholine rings is 1. The van der Waals surface area contributed by atoms with Gasteiger partial charge in [-0.05, 0) is 19.1 Å². The molecular formula is C14H18ClFN2O4S. The van der Waals surface area contributed by atoms with Crippen LogP contribution in [0, 0.1) is 5.82 Å². The van der Waals surface area contributed by atoms with Crippen LogP contribution in [-0.4, -0.2) is 56.7 Å². The summed E-state index contributed by atoms with van der Waals surface area (Å²) < 4.78 is 44.7. The smallest absolute Gasteiger partial charge is 0.255 e. The van der Waals surface area contributed by atoms with Gasteiger partial charge in [-0.1, -0.05) is 17.7 Å². The van der Waals surface area contributed by atoms with Gasteiger partial charge in [-0.25, -0.2) is 12.8 Å². The van der Waals surface area contributed by atoms with Gasteiger partial charge in [-0.15, -0.1) is 0 Å². The van der Waals surface area contributed by atoms with Crippen molar-refractivity contribution in [1.29, 1.82) is 0 Å². The number of benzene rings is 1. The molecule has 9 heteroatoms. The van der Waals surface area contributed by atoms with Crippen molar-refractivity contribution >= 4 is 27.5 Å². The number of ether oxygens (including phenoxy) is 1. The molecule has 1 atom stereocenters. The molecule has 1 aliphatic rings. The number of nitrogens with zero attached hydrogens (tertiary/aromatic N) is 1. The van der Waals surface area contributed by atoms with Crippen LogP contribution in [0.15, 0.2) is 18.2 Å². The molecule has 1 saturated heterocycles. The van der Waals surface area contributed by atoms with Gasteiger partial charge in [0.25, 0.3) is 5.91 Å². The second kappa shape index (κ2) is 7.57. The number of carbonyl (C=O) groups is 1. The van der Waals surface area contributed by atoms with Crippen molar-refractivity contribution in [3.63, 3.8) is 0 Å². The highest BCUT2D eigenvalue weighted by atomic mass is 35.5. The molecule has 0 radical (unpaired) electrons. The molecule has 0 aliphatic carbocycles. The third-order valence-electron chi connectivity index (χ3n) is 3.50. The molecule has 1 aliphatic heterocycles. The monoisotopic (exact) mass is 364 g/mol. The van der Waals surface area contributed by atoms with Crippen LogP contribution in [0.4, 0.5) is 4.39 Å². The first kappa shape index (κ1) is 18.1. The summed E-state index contributed by atoms with van der Waals surface area (Å²) >= 11 is 5.79. The predicted molar refractivity (Wildman–Crippen MR) is 84.5 cm³/mol. The Labute approximate surface area is 139 Å². The van der Waals surface area contributed by atoms with E-state index in [9.17, 15) is 17.6 Å². The van der Waals surface area contributed by atoms with Crippen molar-refractivity contribution < 1.29 is 22.3 Å². The van der Waals surface area contributed by atoms with E-state index in [2.05, 4.69) is 5.32 Å². The van der Waals surface area contributed by atoms with Gasteiger partial charge in [0.2, 0.25) is 10.0 Å². The first-order chi connectivity index (χ1) is 10.8. The summed E-state index contributed by atoms with van der Waals surface area (Å²) in [6.45, 7) is 2.61. The van der Waals surface area contributed by atoms with E-state index >= 15 is 0 Å². The zero-order valence-electron chi connectivity index (χ0n) is 12.6. The lowest BCUT2D eigenvalue weighted by molar-refractivity contribution is 0.0393. The molecule has 0 saturated carbocycles. The molecule has 0 bridgehead atoms. The van der Waals surface area contributed by atoms with Crippen LogP contribution in [0.1, 0.15) is 17.3 Å². The van der Waals surface area contributed by atoms with Crippen molar-refractivity contribution in [3.8, 4) is 0 Å². The van der Waals surface area contributed by atoms with E-state index in [4.69, 9.17) is 16.3 Å². The number of sulfonamides is 1. The van der Waals surface area contributed by atoms with E-state index in [1.807, 2.05) is 0 Å². The standard InChI is InChI=1S/C14H18ClFN2O4S/c1-10-9-22-7-6-18(10)23(20,21)8-5-17-14(19)13-11(15)3-2-4-12(13)16/h2-4,10H,5-9H2,1H3,(H,17,19). The average Bonchev–Trinajstić information content (AvgIpc) is 2.47. The Morgan fingerprint density at radius 2 is 2.26 bits per heavy atom. The maximum atomic E-state index is 13.6. The molecule has 0 spiro atoms. The second-order valence-electron chi connectivity index (χ2n) is 5.20. The topological polar surface area (TPSA) is 75.7 Å². The molecule has 1 fully saturated rings. The summed E-state index contributed by atoms with van der Waals surface area (Å²) in [5.74, 6) is -1.76. The molecule has 2 rings (SSSR count). The van der Waals surface area contributed by atoms with Crippen molar-refractivity contribution in [2.75, 3.05) is 32.1 Å².